The van der Waals surface area contributed by atoms with Crippen LogP contribution in [0.4, 0.5) is 4.39 Å². The predicted octanol–water partition coefficient (Wildman–Crippen LogP) is 5.16. The Labute approximate surface area is 106 Å². The van der Waals surface area contributed by atoms with Crippen molar-refractivity contribution in [1.82, 2.24) is 0 Å². The first-order valence-corrected chi connectivity index (χ1v) is 6.61. The molecule has 2 rings (SSSR count). The van der Waals surface area contributed by atoms with Crippen molar-refractivity contribution in [2.24, 2.45) is 0 Å². The molecule has 0 aliphatic carbocycles. The van der Waals surface area contributed by atoms with Gasteiger partial charge in [0.15, 0.2) is 0 Å². The molecule has 2 aromatic rings. The summed E-state index contributed by atoms with van der Waals surface area (Å²) in [6, 6.07) is 7.21. The minimum absolute atomic E-state index is 0.0287. The summed E-state index contributed by atoms with van der Waals surface area (Å²) in [5, 5.41) is 2.10. The van der Waals surface area contributed by atoms with Gasteiger partial charge in [0.2, 0.25) is 0 Å². The Morgan fingerprint density at radius 2 is 1.82 bits per heavy atom. The van der Waals surface area contributed by atoms with Crippen molar-refractivity contribution in [1.29, 1.82) is 0 Å². The van der Waals surface area contributed by atoms with Gasteiger partial charge in [0.25, 0.3) is 0 Å². The van der Waals surface area contributed by atoms with Gasteiger partial charge in [-0.3, -0.25) is 0 Å². The standard InChI is InChI=1S/C15H17FS/c1-10-7-14(17-9-10)12-8-11(16)5-6-13(12)15(2,3)4/h5-9H,1-4H3. The van der Waals surface area contributed by atoms with Gasteiger partial charge in [-0.25, -0.2) is 4.39 Å². The quantitative estimate of drug-likeness (QED) is 0.654. The summed E-state index contributed by atoms with van der Waals surface area (Å²) in [5.41, 5.74) is 3.48. The van der Waals surface area contributed by atoms with E-state index in [2.05, 4.69) is 39.1 Å². The van der Waals surface area contributed by atoms with E-state index in [0.29, 0.717) is 0 Å². The summed E-state index contributed by atoms with van der Waals surface area (Å²) in [6.07, 6.45) is 0. The average Bonchev–Trinajstić information content (AvgIpc) is 2.62. The molecule has 1 heterocycles. The van der Waals surface area contributed by atoms with Gasteiger partial charge in [0, 0.05) is 4.88 Å². The van der Waals surface area contributed by atoms with Gasteiger partial charge >= 0.3 is 0 Å². The zero-order valence-corrected chi connectivity index (χ0v) is 11.5. The molecule has 0 nitrogen and oxygen atoms in total. The highest BCUT2D eigenvalue weighted by atomic mass is 32.1. The molecule has 0 fully saturated rings. The molecular formula is C15H17FS. The molecular weight excluding hydrogens is 231 g/mol. The molecule has 1 aromatic heterocycles. The molecule has 0 spiro atoms. The number of rotatable bonds is 1. The third-order valence-electron chi connectivity index (χ3n) is 2.79. The van der Waals surface area contributed by atoms with Crippen molar-refractivity contribution >= 4 is 11.3 Å². The van der Waals surface area contributed by atoms with Crippen LogP contribution in [0, 0.1) is 12.7 Å². The van der Waals surface area contributed by atoms with Crippen molar-refractivity contribution in [3.63, 3.8) is 0 Å². The molecule has 0 radical (unpaired) electrons. The van der Waals surface area contributed by atoms with Crippen molar-refractivity contribution in [3.05, 3.63) is 46.6 Å². The van der Waals surface area contributed by atoms with E-state index < -0.39 is 0 Å². The zero-order valence-electron chi connectivity index (χ0n) is 10.7. The Morgan fingerprint density at radius 1 is 1.12 bits per heavy atom. The van der Waals surface area contributed by atoms with Crippen LogP contribution in [-0.4, -0.2) is 0 Å². The fourth-order valence-corrected chi connectivity index (χ4v) is 2.88. The predicted molar refractivity (Wildman–Crippen MR) is 73.2 cm³/mol. The zero-order chi connectivity index (χ0) is 12.6. The van der Waals surface area contributed by atoms with Crippen LogP contribution in [0.1, 0.15) is 31.9 Å². The van der Waals surface area contributed by atoms with Crippen LogP contribution in [-0.2, 0) is 5.41 Å². The van der Waals surface area contributed by atoms with E-state index in [9.17, 15) is 4.39 Å². The van der Waals surface area contributed by atoms with Gasteiger partial charge in [-0.2, -0.15) is 0 Å². The van der Waals surface area contributed by atoms with Gasteiger partial charge in [-0.15, -0.1) is 11.3 Å². The van der Waals surface area contributed by atoms with Crippen LogP contribution in [0.25, 0.3) is 10.4 Å². The van der Waals surface area contributed by atoms with Crippen molar-refractivity contribution in [3.8, 4) is 10.4 Å². The van der Waals surface area contributed by atoms with Crippen LogP contribution >= 0.6 is 11.3 Å². The lowest BCUT2D eigenvalue weighted by Gasteiger charge is -2.22. The first-order valence-electron chi connectivity index (χ1n) is 5.73. The van der Waals surface area contributed by atoms with E-state index in [4.69, 9.17) is 0 Å². The Balaban J connectivity index is 2.63. The molecule has 0 aliphatic rings. The number of benzene rings is 1. The molecule has 0 N–H and O–H groups in total. The highest BCUT2D eigenvalue weighted by molar-refractivity contribution is 7.13. The number of aryl methyl sites for hydroxylation is 1. The monoisotopic (exact) mass is 248 g/mol. The summed E-state index contributed by atoms with van der Waals surface area (Å²) < 4.78 is 13.4. The van der Waals surface area contributed by atoms with Gasteiger partial charge in [0.05, 0.1) is 0 Å². The number of hydrogen-bond acceptors (Lipinski definition) is 1. The summed E-state index contributed by atoms with van der Waals surface area (Å²) in [5.74, 6) is -0.168. The lowest BCUT2D eigenvalue weighted by atomic mass is 9.83. The molecule has 17 heavy (non-hydrogen) atoms. The third-order valence-corrected chi connectivity index (χ3v) is 3.87. The van der Waals surface area contributed by atoms with Crippen molar-refractivity contribution in [2.45, 2.75) is 33.1 Å². The Kier molecular flexibility index (Phi) is 3.09. The van der Waals surface area contributed by atoms with Crippen LogP contribution in [0.2, 0.25) is 0 Å². The molecule has 0 atom stereocenters. The average molecular weight is 248 g/mol. The Hall–Kier alpha value is -1.15. The van der Waals surface area contributed by atoms with Gasteiger partial charge in [-0.1, -0.05) is 26.8 Å². The molecule has 0 saturated heterocycles. The second kappa shape index (κ2) is 4.26. The molecule has 1 aromatic carbocycles. The largest absolute Gasteiger partial charge is 0.207 e. The second-order valence-electron chi connectivity index (χ2n) is 5.43. The molecule has 0 aliphatic heterocycles. The van der Waals surface area contributed by atoms with Crippen LogP contribution in [0.5, 0.6) is 0 Å². The van der Waals surface area contributed by atoms with Crippen molar-refractivity contribution in [2.75, 3.05) is 0 Å². The molecule has 0 amide bonds. The van der Waals surface area contributed by atoms with E-state index >= 15 is 0 Å². The maximum absolute atomic E-state index is 13.4. The molecule has 0 bridgehead atoms. The summed E-state index contributed by atoms with van der Waals surface area (Å²) in [6.45, 7) is 8.54. The number of halogens is 1. The van der Waals surface area contributed by atoms with E-state index in [1.807, 2.05) is 6.07 Å². The Morgan fingerprint density at radius 3 is 2.35 bits per heavy atom. The van der Waals surface area contributed by atoms with Crippen LogP contribution < -0.4 is 0 Å². The SMILES string of the molecule is Cc1csc(-c2cc(F)ccc2C(C)(C)C)c1. The lowest BCUT2D eigenvalue weighted by Crippen LogP contribution is -2.12. The maximum atomic E-state index is 13.4. The van der Waals surface area contributed by atoms with Crippen LogP contribution in [0.3, 0.4) is 0 Å². The topological polar surface area (TPSA) is 0 Å². The second-order valence-corrected chi connectivity index (χ2v) is 6.34. The van der Waals surface area contributed by atoms with E-state index in [0.717, 1.165) is 10.4 Å². The summed E-state index contributed by atoms with van der Waals surface area (Å²) >= 11 is 1.67. The summed E-state index contributed by atoms with van der Waals surface area (Å²) in [7, 11) is 0. The molecule has 2 heteroatoms. The molecule has 90 valence electrons. The first kappa shape index (κ1) is 12.3. The summed E-state index contributed by atoms with van der Waals surface area (Å²) in [4.78, 5) is 1.15. The molecule has 0 unspecified atom stereocenters. The highest BCUT2D eigenvalue weighted by Crippen LogP contribution is 2.36. The molecule has 0 saturated carbocycles. The van der Waals surface area contributed by atoms with E-state index in [1.54, 1.807) is 23.5 Å². The van der Waals surface area contributed by atoms with Gasteiger partial charge in [0.1, 0.15) is 5.82 Å². The fourth-order valence-electron chi connectivity index (χ4n) is 1.95. The minimum atomic E-state index is -0.168. The highest BCUT2D eigenvalue weighted by Gasteiger charge is 2.19. The normalized spacial score (nSPS) is 11.8. The first-order chi connectivity index (χ1) is 7.88. The van der Waals surface area contributed by atoms with Gasteiger partial charge < -0.3 is 0 Å². The van der Waals surface area contributed by atoms with Gasteiger partial charge in [-0.05, 0) is 52.6 Å². The number of hydrogen-bond donors (Lipinski definition) is 0. The lowest BCUT2D eigenvalue weighted by molar-refractivity contribution is 0.585. The maximum Gasteiger partial charge on any atom is 0.123 e. The smallest absolute Gasteiger partial charge is 0.123 e. The van der Waals surface area contributed by atoms with Crippen molar-refractivity contribution < 1.29 is 4.39 Å². The fraction of sp³-hybridized carbons (Fsp3) is 0.333. The van der Waals surface area contributed by atoms with Crippen LogP contribution in [0.15, 0.2) is 29.6 Å². The Bertz CT molecular complexity index is 532. The van der Waals surface area contributed by atoms with E-state index in [1.165, 1.54) is 11.1 Å². The number of thiophene rings is 1. The van der Waals surface area contributed by atoms with E-state index in [-0.39, 0.29) is 11.2 Å². The third kappa shape index (κ3) is 2.58. The minimum Gasteiger partial charge on any atom is -0.207 e.